The Labute approximate surface area is 185 Å². The molecule has 0 spiro atoms. The highest BCUT2D eigenvalue weighted by Crippen LogP contribution is 2.30. The molecule has 0 aliphatic heterocycles. The van der Waals surface area contributed by atoms with Gasteiger partial charge in [0.1, 0.15) is 23.9 Å². The van der Waals surface area contributed by atoms with Gasteiger partial charge >= 0.3 is 0 Å². The van der Waals surface area contributed by atoms with Crippen LogP contribution in [-0.4, -0.2) is 23.3 Å². The van der Waals surface area contributed by atoms with Crippen molar-refractivity contribution >= 4 is 22.5 Å². The van der Waals surface area contributed by atoms with E-state index in [9.17, 15) is 4.79 Å². The SMILES string of the molecule is COc1ccc(-c2nc3ccccc3c(=O)n2CCOc2c(C)cc(C)cc2Cl)cc1. The Bertz CT molecular complexity index is 1270. The van der Waals surface area contributed by atoms with E-state index in [0.29, 0.717) is 34.0 Å². The predicted molar refractivity (Wildman–Crippen MR) is 124 cm³/mol. The molecule has 0 amide bonds. The lowest BCUT2D eigenvalue weighted by atomic mass is 10.1. The van der Waals surface area contributed by atoms with Crippen molar-refractivity contribution in [3.63, 3.8) is 0 Å². The van der Waals surface area contributed by atoms with Gasteiger partial charge in [0, 0.05) is 5.56 Å². The Morgan fingerprint density at radius 2 is 1.77 bits per heavy atom. The van der Waals surface area contributed by atoms with Crippen LogP contribution in [0.15, 0.2) is 65.5 Å². The van der Waals surface area contributed by atoms with E-state index in [0.717, 1.165) is 22.4 Å². The normalized spacial score (nSPS) is 11.0. The fraction of sp³-hybridized carbons (Fsp3) is 0.200. The van der Waals surface area contributed by atoms with Crippen LogP contribution >= 0.6 is 11.6 Å². The van der Waals surface area contributed by atoms with E-state index in [1.165, 1.54) is 0 Å². The predicted octanol–water partition coefficient (Wildman–Crippen LogP) is 5.42. The van der Waals surface area contributed by atoms with Crippen LogP contribution in [0.2, 0.25) is 5.02 Å². The summed E-state index contributed by atoms with van der Waals surface area (Å²) in [5.74, 6) is 1.97. The molecule has 0 N–H and O–H groups in total. The number of benzene rings is 3. The van der Waals surface area contributed by atoms with Gasteiger partial charge in [-0.05, 0) is 67.4 Å². The number of para-hydroxylation sites is 1. The van der Waals surface area contributed by atoms with Gasteiger partial charge < -0.3 is 9.47 Å². The minimum Gasteiger partial charge on any atom is -0.497 e. The number of nitrogens with zero attached hydrogens (tertiary/aromatic N) is 2. The summed E-state index contributed by atoms with van der Waals surface area (Å²) in [6, 6.07) is 18.8. The number of hydrogen-bond acceptors (Lipinski definition) is 4. The van der Waals surface area contributed by atoms with E-state index in [4.69, 9.17) is 26.1 Å². The summed E-state index contributed by atoms with van der Waals surface area (Å²) in [7, 11) is 1.62. The zero-order chi connectivity index (χ0) is 22.0. The maximum absolute atomic E-state index is 13.3. The van der Waals surface area contributed by atoms with E-state index < -0.39 is 0 Å². The quantitative estimate of drug-likeness (QED) is 0.406. The molecule has 4 rings (SSSR count). The fourth-order valence-electron chi connectivity index (χ4n) is 3.66. The van der Waals surface area contributed by atoms with E-state index in [1.807, 2.05) is 68.4 Å². The number of aryl methyl sites for hydroxylation is 2. The number of ether oxygens (including phenoxy) is 2. The molecule has 6 heteroatoms. The first kappa shape index (κ1) is 20.9. The lowest BCUT2D eigenvalue weighted by Crippen LogP contribution is -2.26. The van der Waals surface area contributed by atoms with Gasteiger partial charge in [-0.3, -0.25) is 9.36 Å². The molecule has 0 aliphatic rings. The molecule has 0 aliphatic carbocycles. The Balaban J connectivity index is 1.72. The van der Waals surface area contributed by atoms with Gasteiger partial charge in [-0.25, -0.2) is 4.98 Å². The minimum absolute atomic E-state index is 0.105. The standard InChI is InChI=1S/C25H23ClN2O3/c1-16-14-17(2)23(21(26)15-16)31-13-12-28-24(18-8-10-19(30-3)11-9-18)27-22-7-5-4-6-20(22)25(28)29/h4-11,14-15H,12-13H2,1-3H3. The minimum atomic E-state index is -0.105. The van der Waals surface area contributed by atoms with Crippen LogP contribution in [0.4, 0.5) is 0 Å². The van der Waals surface area contributed by atoms with Crippen LogP contribution in [0.1, 0.15) is 11.1 Å². The molecular weight excluding hydrogens is 412 g/mol. The van der Waals surface area contributed by atoms with Gasteiger partial charge in [-0.1, -0.05) is 29.8 Å². The topological polar surface area (TPSA) is 53.3 Å². The van der Waals surface area contributed by atoms with Gasteiger partial charge in [0.05, 0.1) is 29.6 Å². The molecule has 0 saturated carbocycles. The molecule has 5 nitrogen and oxygen atoms in total. The van der Waals surface area contributed by atoms with Crippen LogP contribution in [0.25, 0.3) is 22.3 Å². The monoisotopic (exact) mass is 434 g/mol. The van der Waals surface area contributed by atoms with E-state index >= 15 is 0 Å². The summed E-state index contributed by atoms with van der Waals surface area (Å²) in [5.41, 5.74) is 3.42. The van der Waals surface area contributed by atoms with Crippen LogP contribution in [0, 0.1) is 13.8 Å². The van der Waals surface area contributed by atoms with Crippen molar-refractivity contribution in [2.75, 3.05) is 13.7 Å². The molecule has 0 radical (unpaired) electrons. The zero-order valence-electron chi connectivity index (χ0n) is 17.7. The Morgan fingerprint density at radius 1 is 1.03 bits per heavy atom. The average molecular weight is 435 g/mol. The first-order valence-corrected chi connectivity index (χ1v) is 10.4. The molecule has 0 saturated heterocycles. The van der Waals surface area contributed by atoms with E-state index in [1.54, 1.807) is 17.7 Å². The number of rotatable bonds is 6. The molecule has 31 heavy (non-hydrogen) atoms. The second-order valence-corrected chi connectivity index (χ2v) is 7.79. The van der Waals surface area contributed by atoms with Gasteiger partial charge in [-0.15, -0.1) is 0 Å². The molecule has 0 bridgehead atoms. The smallest absolute Gasteiger partial charge is 0.261 e. The van der Waals surface area contributed by atoms with Crippen molar-refractivity contribution in [2.24, 2.45) is 0 Å². The third-order valence-corrected chi connectivity index (χ3v) is 5.43. The van der Waals surface area contributed by atoms with E-state index in [2.05, 4.69) is 0 Å². The lowest BCUT2D eigenvalue weighted by molar-refractivity contribution is 0.295. The zero-order valence-corrected chi connectivity index (χ0v) is 18.4. The van der Waals surface area contributed by atoms with Gasteiger partial charge in [0.2, 0.25) is 0 Å². The number of methoxy groups -OCH3 is 1. The lowest BCUT2D eigenvalue weighted by Gasteiger charge is -2.16. The Hall–Kier alpha value is -3.31. The van der Waals surface area contributed by atoms with Crippen LogP contribution in [-0.2, 0) is 6.54 Å². The molecule has 4 aromatic rings. The van der Waals surface area contributed by atoms with E-state index in [-0.39, 0.29) is 12.2 Å². The van der Waals surface area contributed by atoms with Crippen molar-refractivity contribution in [3.8, 4) is 22.9 Å². The number of fused-ring (bicyclic) bond motifs is 1. The maximum Gasteiger partial charge on any atom is 0.261 e. The summed E-state index contributed by atoms with van der Waals surface area (Å²) in [6.07, 6.45) is 0. The van der Waals surface area contributed by atoms with Crippen molar-refractivity contribution in [2.45, 2.75) is 20.4 Å². The number of hydrogen-bond donors (Lipinski definition) is 0. The number of halogens is 1. The molecule has 0 unspecified atom stereocenters. The second kappa shape index (κ2) is 8.82. The van der Waals surface area contributed by atoms with Crippen molar-refractivity contribution in [1.29, 1.82) is 0 Å². The van der Waals surface area contributed by atoms with Crippen molar-refractivity contribution in [3.05, 3.63) is 87.2 Å². The summed E-state index contributed by atoms with van der Waals surface area (Å²) in [5, 5.41) is 1.14. The van der Waals surface area contributed by atoms with Crippen molar-refractivity contribution in [1.82, 2.24) is 9.55 Å². The second-order valence-electron chi connectivity index (χ2n) is 7.38. The summed E-state index contributed by atoms with van der Waals surface area (Å²) >= 11 is 6.36. The summed E-state index contributed by atoms with van der Waals surface area (Å²) < 4.78 is 12.9. The van der Waals surface area contributed by atoms with Crippen LogP contribution in [0.5, 0.6) is 11.5 Å². The fourth-order valence-corrected chi connectivity index (χ4v) is 4.04. The number of aromatic nitrogens is 2. The highest BCUT2D eigenvalue weighted by molar-refractivity contribution is 6.32. The molecule has 158 valence electrons. The average Bonchev–Trinajstić information content (AvgIpc) is 2.76. The molecular formula is C25H23ClN2O3. The molecule has 1 heterocycles. The first-order chi connectivity index (χ1) is 15.0. The third-order valence-electron chi connectivity index (χ3n) is 5.14. The van der Waals surface area contributed by atoms with Crippen molar-refractivity contribution < 1.29 is 9.47 Å². The largest absolute Gasteiger partial charge is 0.497 e. The first-order valence-electron chi connectivity index (χ1n) is 10.0. The molecule has 1 aromatic heterocycles. The maximum atomic E-state index is 13.3. The molecule has 3 aromatic carbocycles. The summed E-state index contributed by atoms with van der Waals surface area (Å²) in [6.45, 7) is 4.57. The Morgan fingerprint density at radius 3 is 2.48 bits per heavy atom. The van der Waals surface area contributed by atoms with Crippen LogP contribution < -0.4 is 15.0 Å². The van der Waals surface area contributed by atoms with Gasteiger partial charge in [0.15, 0.2) is 0 Å². The van der Waals surface area contributed by atoms with Gasteiger partial charge in [-0.2, -0.15) is 0 Å². The summed E-state index contributed by atoms with van der Waals surface area (Å²) in [4.78, 5) is 18.1. The highest BCUT2D eigenvalue weighted by Gasteiger charge is 2.14. The molecule has 0 fully saturated rings. The Kier molecular flexibility index (Phi) is 5.96. The third kappa shape index (κ3) is 4.28. The highest BCUT2D eigenvalue weighted by atomic mass is 35.5. The van der Waals surface area contributed by atoms with Crippen LogP contribution in [0.3, 0.4) is 0 Å². The molecule has 0 atom stereocenters. The van der Waals surface area contributed by atoms with Gasteiger partial charge in [0.25, 0.3) is 5.56 Å².